The largest absolute Gasteiger partial charge is 0.494 e. The summed E-state index contributed by atoms with van der Waals surface area (Å²) in [4.78, 5) is 17.3. The van der Waals surface area contributed by atoms with Gasteiger partial charge in [0.05, 0.1) is 23.7 Å². The zero-order chi connectivity index (χ0) is 19.7. The second-order valence-electron chi connectivity index (χ2n) is 7.19. The lowest BCUT2D eigenvalue weighted by molar-refractivity contribution is -0.114. The number of aromatic nitrogens is 2. The first-order valence-electron chi connectivity index (χ1n) is 9.78. The van der Waals surface area contributed by atoms with Crippen LogP contribution in [0.25, 0.3) is 11.0 Å². The van der Waals surface area contributed by atoms with E-state index in [4.69, 9.17) is 9.72 Å². The molecule has 0 radical (unpaired) electrons. The third-order valence-corrected chi connectivity index (χ3v) is 5.17. The Morgan fingerprint density at radius 3 is 2.64 bits per heavy atom. The minimum absolute atomic E-state index is 0.0571. The average molecular weight is 375 g/mol. The van der Waals surface area contributed by atoms with E-state index >= 15 is 0 Å². The van der Waals surface area contributed by atoms with Gasteiger partial charge in [-0.1, -0.05) is 37.6 Å². The highest BCUT2D eigenvalue weighted by Gasteiger charge is 2.32. The van der Waals surface area contributed by atoms with Crippen molar-refractivity contribution in [3.05, 3.63) is 65.4 Å². The van der Waals surface area contributed by atoms with E-state index in [1.165, 1.54) is 0 Å². The number of para-hydroxylation sites is 2. The maximum Gasteiger partial charge on any atom is 0.209 e. The fourth-order valence-electron chi connectivity index (χ4n) is 3.82. The van der Waals surface area contributed by atoms with Gasteiger partial charge in [0.2, 0.25) is 5.95 Å². The summed E-state index contributed by atoms with van der Waals surface area (Å²) >= 11 is 0. The summed E-state index contributed by atoms with van der Waals surface area (Å²) in [7, 11) is 0. The van der Waals surface area contributed by atoms with E-state index in [1.54, 1.807) is 6.92 Å². The number of hydrogen-bond donors (Lipinski definition) is 1. The summed E-state index contributed by atoms with van der Waals surface area (Å²) in [5.74, 6) is 1.67. The molecule has 2 heterocycles. The number of ketones is 1. The molecule has 1 aliphatic heterocycles. The van der Waals surface area contributed by atoms with Crippen LogP contribution in [0.5, 0.6) is 5.75 Å². The molecule has 1 atom stereocenters. The van der Waals surface area contributed by atoms with Crippen LogP contribution in [-0.2, 0) is 4.79 Å². The number of allylic oxidation sites excluding steroid dienone is 2. The first kappa shape index (κ1) is 18.3. The molecule has 0 amide bonds. The van der Waals surface area contributed by atoms with Gasteiger partial charge in [-0.25, -0.2) is 4.98 Å². The van der Waals surface area contributed by atoms with Gasteiger partial charge in [-0.3, -0.25) is 9.36 Å². The molecule has 1 aliphatic rings. The molecule has 0 saturated carbocycles. The van der Waals surface area contributed by atoms with Crippen LogP contribution in [0.3, 0.4) is 0 Å². The average Bonchev–Trinajstić information content (AvgIpc) is 3.05. The Hall–Kier alpha value is -3.08. The summed E-state index contributed by atoms with van der Waals surface area (Å²) in [6.45, 7) is 6.43. The van der Waals surface area contributed by atoms with Crippen LogP contribution in [0.1, 0.15) is 45.2 Å². The van der Waals surface area contributed by atoms with Gasteiger partial charge in [-0.2, -0.15) is 0 Å². The van der Waals surface area contributed by atoms with Crippen LogP contribution in [0, 0.1) is 0 Å². The smallest absolute Gasteiger partial charge is 0.209 e. The molecule has 5 nitrogen and oxygen atoms in total. The van der Waals surface area contributed by atoms with Gasteiger partial charge < -0.3 is 10.1 Å². The molecule has 2 aromatic carbocycles. The van der Waals surface area contributed by atoms with Crippen LogP contribution in [0.4, 0.5) is 5.95 Å². The number of fused-ring (bicyclic) bond motifs is 3. The quantitative estimate of drug-likeness (QED) is 0.610. The minimum atomic E-state index is -0.217. The molecular formula is C23H25N3O2. The first-order chi connectivity index (χ1) is 13.6. The van der Waals surface area contributed by atoms with E-state index in [-0.39, 0.29) is 11.8 Å². The lowest BCUT2D eigenvalue weighted by Gasteiger charge is -2.30. The summed E-state index contributed by atoms with van der Waals surface area (Å²) in [5.41, 5.74) is 4.56. The van der Waals surface area contributed by atoms with Crippen molar-refractivity contribution in [1.82, 2.24) is 9.55 Å². The third-order valence-electron chi connectivity index (χ3n) is 5.17. The number of rotatable bonds is 6. The molecule has 0 fully saturated rings. The number of nitrogens with one attached hydrogen (secondary N) is 1. The van der Waals surface area contributed by atoms with Gasteiger partial charge in [-0.15, -0.1) is 0 Å². The molecule has 0 aliphatic carbocycles. The van der Waals surface area contributed by atoms with Crippen molar-refractivity contribution in [1.29, 1.82) is 0 Å². The molecule has 5 heteroatoms. The van der Waals surface area contributed by atoms with E-state index < -0.39 is 0 Å². The topological polar surface area (TPSA) is 56.1 Å². The first-order valence-corrected chi connectivity index (χ1v) is 9.78. The predicted octanol–water partition coefficient (Wildman–Crippen LogP) is 5.09. The van der Waals surface area contributed by atoms with Crippen molar-refractivity contribution in [2.75, 3.05) is 11.9 Å². The molecule has 0 bridgehead atoms. The number of hydrogen-bond acceptors (Lipinski definition) is 4. The highest BCUT2D eigenvalue weighted by atomic mass is 16.5. The number of carbonyl (C=O) groups is 1. The van der Waals surface area contributed by atoms with Gasteiger partial charge in [0.25, 0.3) is 0 Å². The molecule has 28 heavy (non-hydrogen) atoms. The molecule has 0 saturated heterocycles. The van der Waals surface area contributed by atoms with E-state index in [9.17, 15) is 4.79 Å². The highest BCUT2D eigenvalue weighted by molar-refractivity contribution is 5.97. The summed E-state index contributed by atoms with van der Waals surface area (Å²) < 4.78 is 7.92. The number of imidazole rings is 1. The Morgan fingerprint density at radius 1 is 1.18 bits per heavy atom. The minimum Gasteiger partial charge on any atom is -0.494 e. The third kappa shape index (κ3) is 3.17. The Balaban J connectivity index is 1.80. The van der Waals surface area contributed by atoms with Crippen LogP contribution in [0.15, 0.2) is 59.8 Å². The normalized spacial score (nSPS) is 16.0. The molecule has 1 N–H and O–H groups in total. The monoisotopic (exact) mass is 375 g/mol. The molecule has 0 spiro atoms. The Bertz CT molecular complexity index is 1050. The van der Waals surface area contributed by atoms with Gasteiger partial charge >= 0.3 is 0 Å². The Labute approximate surface area is 165 Å². The van der Waals surface area contributed by atoms with Crippen molar-refractivity contribution < 1.29 is 9.53 Å². The number of Topliss-reactive ketones (excluding diaryl/α,β-unsaturated/α-hetero) is 1. The SMILES string of the molecule is CCCCOc1ccc([C@@H]2C(C(C)=O)=C(C)Nc3nc4ccccc4n32)cc1. The Morgan fingerprint density at radius 2 is 1.93 bits per heavy atom. The lowest BCUT2D eigenvalue weighted by atomic mass is 9.92. The maximum atomic E-state index is 12.5. The van der Waals surface area contributed by atoms with Gasteiger partial charge in [-0.05, 0) is 50.1 Å². The van der Waals surface area contributed by atoms with E-state index in [0.717, 1.165) is 59.0 Å². The maximum absolute atomic E-state index is 12.5. The van der Waals surface area contributed by atoms with Crippen molar-refractivity contribution in [2.45, 2.75) is 39.7 Å². The van der Waals surface area contributed by atoms with Crippen LogP contribution in [0.2, 0.25) is 0 Å². The molecular weight excluding hydrogens is 350 g/mol. The molecule has 4 rings (SSSR count). The fourth-order valence-corrected chi connectivity index (χ4v) is 3.82. The van der Waals surface area contributed by atoms with Crippen LogP contribution >= 0.6 is 0 Å². The number of nitrogens with zero attached hydrogens (tertiary/aromatic N) is 2. The van der Waals surface area contributed by atoms with Gasteiger partial charge in [0.1, 0.15) is 5.75 Å². The van der Waals surface area contributed by atoms with E-state index in [0.29, 0.717) is 0 Å². The second kappa shape index (κ2) is 7.50. The molecule has 144 valence electrons. The fraction of sp³-hybridized carbons (Fsp3) is 0.304. The van der Waals surface area contributed by atoms with Crippen molar-refractivity contribution in [3.63, 3.8) is 0 Å². The molecule has 3 aromatic rings. The highest BCUT2D eigenvalue weighted by Crippen LogP contribution is 2.39. The molecule has 1 aromatic heterocycles. The zero-order valence-corrected chi connectivity index (χ0v) is 16.5. The van der Waals surface area contributed by atoms with Crippen molar-refractivity contribution in [2.24, 2.45) is 0 Å². The summed E-state index contributed by atoms with van der Waals surface area (Å²) in [5, 5.41) is 3.31. The van der Waals surface area contributed by atoms with E-state index in [1.807, 2.05) is 55.5 Å². The van der Waals surface area contributed by atoms with E-state index in [2.05, 4.69) is 16.8 Å². The van der Waals surface area contributed by atoms with Gasteiger partial charge in [0, 0.05) is 11.3 Å². The second-order valence-corrected chi connectivity index (χ2v) is 7.19. The van der Waals surface area contributed by atoms with Crippen LogP contribution < -0.4 is 10.1 Å². The van der Waals surface area contributed by atoms with Gasteiger partial charge in [0.15, 0.2) is 5.78 Å². The van der Waals surface area contributed by atoms with Crippen LogP contribution in [-0.4, -0.2) is 21.9 Å². The lowest BCUT2D eigenvalue weighted by Crippen LogP contribution is -2.26. The number of unbranched alkanes of at least 4 members (excludes halogenated alkanes) is 1. The number of anilines is 1. The number of benzene rings is 2. The van der Waals surface area contributed by atoms with Crippen molar-refractivity contribution in [3.8, 4) is 5.75 Å². The zero-order valence-electron chi connectivity index (χ0n) is 16.5. The number of carbonyl (C=O) groups excluding carboxylic acids is 1. The predicted molar refractivity (Wildman–Crippen MR) is 112 cm³/mol. The summed E-state index contributed by atoms with van der Waals surface area (Å²) in [6.07, 6.45) is 2.15. The standard InChI is InChI=1S/C23H25N3O2/c1-4-5-14-28-18-12-10-17(11-13-18)22-21(16(3)27)15(2)24-23-25-19-8-6-7-9-20(19)26(22)23/h6-13,22H,4-5,14H2,1-3H3,(H,24,25)/t22-/m1/s1. The number of ether oxygens (including phenoxy) is 1. The Kier molecular flexibility index (Phi) is 4.90. The summed E-state index contributed by atoms with van der Waals surface area (Å²) in [6, 6.07) is 15.9. The van der Waals surface area contributed by atoms with Crippen molar-refractivity contribution >= 4 is 22.8 Å². The molecule has 0 unspecified atom stereocenters.